The Bertz CT molecular complexity index is 716. The molecule has 1 aliphatic rings. The standard InChI is InChI=1S/C23H33NO6/c1-23(28,16-30-17-9-5-4-6-10-17)14-13-18-19(21(25)15-20(18)24-29)11-7-2-3-8-12-22(26)27/h4-6,9-10,13-14,18-19,21,25,28-29H,2-3,7-8,11-12,15-16H2,1H3,(H,26,27)/b14-13+,24-20-. The van der Waals surface area contributed by atoms with E-state index in [1.165, 1.54) is 0 Å². The van der Waals surface area contributed by atoms with Gasteiger partial charge in [0, 0.05) is 18.8 Å². The first kappa shape index (κ1) is 23.9. The van der Waals surface area contributed by atoms with Gasteiger partial charge < -0.3 is 25.3 Å². The van der Waals surface area contributed by atoms with Crippen LogP contribution in [0.15, 0.2) is 47.6 Å². The molecule has 2 rings (SSSR count). The van der Waals surface area contributed by atoms with E-state index in [2.05, 4.69) is 5.16 Å². The zero-order valence-corrected chi connectivity index (χ0v) is 17.5. The number of carboxylic acid groups (broad SMARTS) is 1. The van der Waals surface area contributed by atoms with Crippen molar-refractivity contribution in [3.63, 3.8) is 0 Å². The van der Waals surface area contributed by atoms with Crippen LogP contribution in [0.2, 0.25) is 0 Å². The molecule has 1 fully saturated rings. The van der Waals surface area contributed by atoms with Gasteiger partial charge in [0.15, 0.2) is 0 Å². The van der Waals surface area contributed by atoms with Gasteiger partial charge in [-0.15, -0.1) is 0 Å². The van der Waals surface area contributed by atoms with E-state index >= 15 is 0 Å². The molecule has 30 heavy (non-hydrogen) atoms. The summed E-state index contributed by atoms with van der Waals surface area (Å²) in [6.45, 7) is 1.72. The van der Waals surface area contributed by atoms with Crippen molar-refractivity contribution >= 4 is 11.7 Å². The first-order valence-corrected chi connectivity index (χ1v) is 10.5. The normalized spacial score (nSPS) is 24.9. The molecule has 1 saturated carbocycles. The molecule has 0 aliphatic heterocycles. The molecular weight excluding hydrogens is 386 g/mol. The molecular formula is C23H33NO6. The third-order valence-electron chi connectivity index (χ3n) is 5.50. The Kier molecular flexibility index (Phi) is 9.33. The maximum atomic E-state index is 10.6. The second-order valence-electron chi connectivity index (χ2n) is 8.22. The van der Waals surface area contributed by atoms with E-state index in [4.69, 9.17) is 9.84 Å². The second kappa shape index (κ2) is 11.7. The van der Waals surface area contributed by atoms with Crippen LogP contribution in [0.4, 0.5) is 0 Å². The molecule has 1 aromatic rings. The molecule has 7 heteroatoms. The number of oxime groups is 1. The van der Waals surface area contributed by atoms with Crippen LogP contribution in [-0.2, 0) is 4.79 Å². The van der Waals surface area contributed by atoms with E-state index in [-0.39, 0.29) is 24.9 Å². The lowest BCUT2D eigenvalue weighted by atomic mass is 9.87. The van der Waals surface area contributed by atoms with Crippen molar-refractivity contribution in [3.8, 4) is 5.75 Å². The Morgan fingerprint density at radius 3 is 2.60 bits per heavy atom. The zero-order valence-electron chi connectivity index (χ0n) is 17.5. The summed E-state index contributed by atoms with van der Waals surface area (Å²) in [5, 5.41) is 42.5. The molecule has 4 atom stereocenters. The van der Waals surface area contributed by atoms with E-state index in [0.717, 1.165) is 25.7 Å². The maximum Gasteiger partial charge on any atom is 0.303 e. The lowest BCUT2D eigenvalue weighted by Crippen LogP contribution is -2.30. The number of hydrogen-bond acceptors (Lipinski definition) is 6. The van der Waals surface area contributed by atoms with Crippen LogP contribution in [0.1, 0.15) is 51.9 Å². The first-order chi connectivity index (χ1) is 14.3. The molecule has 0 spiro atoms. The van der Waals surface area contributed by atoms with E-state index in [9.17, 15) is 20.2 Å². The van der Waals surface area contributed by atoms with Crippen LogP contribution in [0.3, 0.4) is 0 Å². The fourth-order valence-electron chi connectivity index (χ4n) is 3.84. The van der Waals surface area contributed by atoms with Gasteiger partial charge in [-0.1, -0.05) is 54.8 Å². The number of hydrogen-bond donors (Lipinski definition) is 4. The SMILES string of the molecule is CC(O)(/C=C/C1/C(=N\O)CC(O)C1CCCCCCC(=O)O)COc1ccccc1. The predicted molar refractivity (Wildman–Crippen MR) is 114 cm³/mol. The van der Waals surface area contributed by atoms with Gasteiger partial charge in [0.05, 0.1) is 11.8 Å². The Hall–Kier alpha value is -2.38. The minimum atomic E-state index is -1.22. The van der Waals surface area contributed by atoms with Gasteiger partial charge in [-0.2, -0.15) is 0 Å². The molecule has 0 saturated heterocycles. The highest BCUT2D eigenvalue weighted by atomic mass is 16.5. The molecule has 4 unspecified atom stereocenters. The van der Waals surface area contributed by atoms with Gasteiger partial charge in [0.1, 0.15) is 18.0 Å². The van der Waals surface area contributed by atoms with Gasteiger partial charge >= 0.3 is 5.97 Å². The number of carboxylic acids is 1. The Morgan fingerprint density at radius 1 is 1.23 bits per heavy atom. The van der Waals surface area contributed by atoms with Gasteiger partial charge in [-0.05, 0) is 37.8 Å². The summed E-state index contributed by atoms with van der Waals surface area (Å²) in [4.78, 5) is 10.6. The number of aliphatic carboxylic acids is 1. The van der Waals surface area contributed by atoms with Crippen LogP contribution >= 0.6 is 0 Å². The van der Waals surface area contributed by atoms with E-state index in [1.807, 2.05) is 30.3 Å². The van der Waals surface area contributed by atoms with Gasteiger partial charge in [-0.25, -0.2) is 0 Å². The Labute approximate surface area is 177 Å². The van der Waals surface area contributed by atoms with Crippen molar-refractivity contribution in [2.45, 2.75) is 63.6 Å². The zero-order chi connectivity index (χ0) is 22.0. The third-order valence-corrected chi connectivity index (χ3v) is 5.50. The maximum absolute atomic E-state index is 10.6. The largest absolute Gasteiger partial charge is 0.490 e. The van der Waals surface area contributed by atoms with Crippen molar-refractivity contribution in [2.75, 3.05) is 6.61 Å². The summed E-state index contributed by atoms with van der Waals surface area (Å²) in [7, 11) is 0. The van der Waals surface area contributed by atoms with Gasteiger partial charge in [0.2, 0.25) is 0 Å². The average molecular weight is 420 g/mol. The van der Waals surface area contributed by atoms with E-state index in [0.29, 0.717) is 24.3 Å². The summed E-state index contributed by atoms with van der Waals surface area (Å²) in [6.07, 6.45) is 7.30. The summed E-state index contributed by atoms with van der Waals surface area (Å²) >= 11 is 0. The molecule has 0 bridgehead atoms. The fourth-order valence-corrected chi connectivity index (χ4v) is 3.84. The lowest BCUT2D eigenvalue weighted by Gasteiger charge is -2.23. The lowest BCUT2D eigenvalue weighted by molar-refractivity contribution is -0.137. The summed E-state index contributed by atoms with van der Waals surface area (Å²) in [6, 6.07) is 9.23. The monoisotopic (exact) mass is 419 g/mol. The molecule has 0 amide bonds. The fraction of sp³-hybridized carbons (Fsp3) is 0.565. The molecule has 0 aromatic heterocycles. The first-order valence-electron chi connectivity index (χ1n) is 10.5. The molecule has 1 aromatic carbocycles. The number of carbonyl (C=O) groups is 1. The topological polar surface area (TPSA) is 120 Å². The van der Waals surface area contributed by atoms with Gasteiger partial charge in [0.25, 0.3) is 0 Å². The predicted octanol–water partition coefficient (Wildman–Crippen LogP) is 3.63. The van der Waals surface area contributed by atoms with Crippen molar-refractivity contribution in [1.82, 2.24) is 0 Å². The highest BCUT2D eigenvalue weighted by Crippen LogP contribution is 2.35. The Morgan fingerprint density at radius 2 is 1.93 bits per heavy atom. The van der Waals surface area contributed by atoms with Gasteiger partial charge in [-0.3, -0.25) is 4.79 Å². The number of unbranched alkanes of at least 4 members (excludes halogenated alkanes) is 3. The molecule has 4 N–H and O–H groups in total. The summed E-state index contributed by atoms with van der Waals surface area (Å²) in [5.74, 6) is -0.468. The quantitative estimate of drug-likeness (QED) is 0.178. The van der Waals surface area contributed by atoms with E-state index in [1.54, 1.807) is 19.1 Å². The van der Waals surface area contributed by atoms with Crippen LogP contribution in [0.5, 0.6) is 5.75 Å². The second-order valence-corrected chi connectivity index (χ2v) is 8.22. The van der Waals surface area contributed by atoms with Crippen LogP contribution in [-0.4, -0.2) is 50.5 Å². The number of aliphatic hydroxyl groups is 2. The third kappa shape index (κ3) is 7.80. The summed E-state index contributed by atoms with van der Waals surface area (Å²) in [5.41, 5.74) is -0.708. The molecule has 166 valence electrons. The molecule has 1 aliphatic carbocycles. The van der Waals surface area contributed by atoms with Crippen molar-refractivity contribution in [1.29, 1.82) is 0 Å². The number of aliphatic hydroxyl groups excluding tert-OH is 1. The number of benzene rings is 1. The molecule has 7 nitrogen and oxygen atoms in total. The minimum Gasteiger partial charge on any atom is -0.490 e. The summed E-state index contributed by atoms with van der Waals surface area (Å²) < 4.78 is 5.63. The highest BCUT2D eigenvalue weighted by molar-refractivity contribution is 5.90. The number of nitrogens with zero attached hydrogens (tertiary/aromatic N) is 1. The number of ether oxygens (including phenoxy) is 1. The van der Waals surface area contributed by atoms with Crippen molar-refractivity contribution < 1.29 is 30.1 Å². The molecule has 0 radical (unpaired) electrons. The van der Waals surface area contributed by atoms with Crippen LogP contribution < -0.4 is 4.74 Å². The minimum absolute atomic E-state index is 0.0721. The highest BCUT2D eigenvalue weighted by Gasteiger charge is 2.38. The van der Waals surface area contributed by atoms with Crippen LogP contribution in [0.25, 0.3) is 0 Å². The smallest absolute Gasteiger partial charge is 0.303 e. The number of allylic oxidation sites excluding steroid dienone is 1. The van der Waals surface area contributed by atoms with E-state index < -0.39 is 17.7 Å². The average Bonchev–Trinajstić information content (AvgIpc) is 3.03. The van der Waals surface area contributed by atoms with Crippen molar-refractivity contribution in [3.05, 3.63) is 42.5 Å². The Balaban J connectivity index is 1.91. The molecule has 0 heterocycles. The number of rotatable bonds is 12. The number of para-hydroxylation sites is 1. The van der Waals surface area contributed by atoms with Crippen molar-refractivity contribution in [2.24, 2.45) is 17.0 Å². The van der Waals surface area contributed by atoms with Crippen LogP contribution in [0, 0.1) is 11.8 Å².